The molecule has 0 spiro atoms. The predicted octanol–water partition coefficient (Wildman–Crippen LogP) is 3.79. The maximum Gasteiger partial charge on any atom is 0.228 e. The zero-order valence-electron chi connectivity index (χ0n) is 16.0. The molecule has 1 aromatic heterocycles. The number of hydrogen-bond donors (Lipinski definition) is 0. The van der Waals surface area contributed by atoms with Crippen molar-refractivity contribution in [2.45, 2.75) is 12.8 Å². The first kappa shape index (κ1) is 21.0. The summed E-state index contributed by atoms with van der Waals surface area (Å²) in [6, 6.07) is 13.1. The molecule has 0 aliphatic carbocycles. The lowest BCUT2D eigenvalue weighted by Crippen LogP contribution is -2.36. The van der Waals surface area contributed by atoms with E-state index >= 15 is 0 Å². The van der Waals surface area contributed by atoms with Gasteiger partial charge < -0.3 is 14.2 Å². The van der Waals surface area contributed by atoms with Crippen molar-refractivity contribution in [1.29, 1.82) is 0 Å². The van der Waals surface area contributed by atoms with Gasteiger partial charge in [-0.2, -0.15) is 4.98 Å². The normalized spacial score (nSPS) is 10.9. The molecular weight excluding hydrogens is 397 g/mol. The molecule has 0 bridgehead atoms. The Bertz CT molecular complexity index is 929. The predicted molar refractivity (Wildman–Crippen MR) is 107 cm³/mol. The van der Waals surface area contributed by atoms with Gasteiger partial charge in [-0.3, -0.25) is 4.79 Å². The minimum absolute atomic E-state index is 0.0777. The first-order valence-corrected chi connectivity index (χ1v) is 9.52. The van der Waals surface area contributed by atoms with Crippen LogP contribution >= 0.6 is 11.6 Å². The van der Waals surface area contributed by atoms with E-state index in [9.17, 15) is 9.18 Å². The second-order valence-electron chi connectivity index (χ2n) is 6.45. The average molecular weight is 418 g/mol. The van der Waals surface area contributed by atoms with Crippen LogP contribution in [0.1, 0.15) is 11.5 Å². The molecule has 0 N–H and O–H groups in total. The van der Waals surface area contributed by atoms with Crippen LogP contribution in [-0.4, -0.2) is 47.8 Å². The molecule has 6 nitrogen and oxygen atoms in total. The third-order valence-electron chi connectivity index (χ3n) is 4.35. The first-order chi connectivity index (χ1) is 14.0. The SMILES string of the molecule is COCCN(CCc1nc(-c2ccc(Cl)cc2)no1)C(=O)Cc1ccc(F)cc1. The van der Waals surface area contributed by atoms with Crippen LogP contribution in [0.5, 0.6) is 0 Å². The smallest absolute Gasteiger partial charge is 0.228 e. The van der Waals surface area contributed by atoms with Gasteiger partial charge in [-0.1, -0.05) is 28.9 Å². The van der Waals surface area contributed by atoms with Gasteiger partial charge in [-0.25, -0.2) is 4.39 Å². The third kappa shape index (κ3) is 6.10. The third-order valence-corrected chi connectivity index (χ3v) is 4.60. The molecule has 8 heteroatoms. The molecule has 29 heavy (non-hydrogen) atoms. The Morgan fingerprint density at radius 1 is 1.14 bits per heavy atom. The van der Waals surface area contributed by atoms with E-state index in [0.717, 1.165) is 11.1 Å². The summed E-state index contributed by atoms with van der Waals surface area (Å²) in [6.07, 6.45) is 0.601. The van der Waals surface area contributed by atoms with Crippen molar-refractivity contribution in [2.24, 2.45) is 0 Å². The molecule has 0 unspecified atom stereocenters. The molecule has 2 aromatic carbocycles. The number of aromatic nitrogens is 2. The number of carbonyl (C=O) groups excluding carboxylic acids is 1. The van der Waals surface area contributed by atoms with Crippen LogP contribution in [0.3, 0.4) is 0 Å². The lowest BCUT2D eigenvalue weighted by molar-refractivity contribution is -0.131. The number of methoxy groups -OCH3 is 1. The van der Waals surface area contributed by atoms with Gasteiger partial charge in [0.25, 0.3) is 0 Å². The van der Waals surface area contributed by atoms with Crippen molar-refractivity contribution in [1.82, 2.24) is 15.0 Å². The number of nitrogens with zero attached hydrogens (tertiary/aromatic N) is 3. The van der Waals surface area contributed by atoms with E-state index in [1.807, 2.05) is 12.1 Å². The second kappa shape index (κ2) is 10.1. The summed E-state index contributed by atoms with van der Waals surface area (Å²) in [5, 5.41) is 4.61. The molecular formula is C21H21ClFN3O3. The quantitative estimate of drug-likeness (QED) is 0.530. The first-order valence-electron chi connectivity index (χ1n) is 9.15. The Morgan fingerprint density at radius 3 is 2.55 bits per heavy atom. The van der Waals surface area contributed by atoms with E-state index in [4.69, 9.17) is 20.9 Å². The molecule has 3 aromatic rings. The maximum absolute atomic E-state index is 13.1. The van der Waals surface area contributed by atoms with Gasteiger partial charge in [0, 0.05) is 37.2 Å². The highest BCUT2D eigenvalue weighted by molar-refractivity contribution is 6.30. The molecule has 0 saturated heterocycles. The van der Waals surface area contributed by atoms with Gasteiger partial charge in [0.2, 0.25) is 17.6 Å². The number of hydrogen-bond acceptors (Lipinski definition) is 5. The zero-order valence-corrected chi connectivity index (χ0v) is 16.7. The summed E-state index contributed by atoms with van der Waals surface area (Å²) in [5.41, 5.74) is 1.55. The van der Waals surface area contributed by atoms with Gasteiger partial charge in [-0.05, 0) is 42.0 Å². The number of amides is 1. The fourth-order valence-corrected chi connectivity index (χ4v) is 2.88. The van der Waals surface area contributed by atoms with E-state index in [0.29, 0.717) is 42.9 Å². The summed E-state index contributed by atoms with van der Waals surface area (Å²) in [4.78, 5) is 18.7. The largest absolute Gasteiger partial charge is 0.383 e. The number of halogens is 2. The van der Waals surface area contributed by atoms with Crippen molar-refractivity contribution in [3.63, 3.8) is 0 Å². The molecule has 152 valence electrons. The number of benzene rings is 2. The molecule has 1 amide bonds. The summed E-state index contributed by atoms with van der Waals surface area (Å²) < 4.78 is 23.5. The summed E-state index contributed by atoms with van der Waals surface area (Å²) >= 11 is 5.90. The molecule has 1 heterocycles. The van der Waals surface area contributed by atoms with Crippen molar-refractivity contribution in [3.8, 4) is 11.4 Å². The number of ether oxygens (including phenoxy) is 1. The Balaban J connectivity index is 1.62. The van der Waals surface area contributed by atoms with Crippen LogP contribution in [0.15, 0.2) is 53.1 Å². The van der Waals surface area contributed by atoms with Gasteiger partial charge in [-0.15, -0.1) is 0 Å². The van der Waals surface area contributed by atoms with E-state index in [1.165, 1.54) is 12.1 Å². The van der Waals surface area contributed by atoms with Crippen LogP contribution in [-0.2, 0) is 22.4 Å². The highest BCUT2D eigenvalue weighted by Crippen LogP contribution is 2.19. The summed E-state index contributed by atoms with van der Waals surface area (Å²) in [6.45, 7) is 1.26. The minimum Gasteiger partial charge on any atom is -0.383 e. The van der Waals surface area contributed by atoms with Crippen LogP contribution in [0.25, 0.3) is 11.4 Å². The van der Waals surface area contributed by atoms with E-state index < -0.39 is 0 Å². The molecule has 0 atom stereocenters. The van der Waals surface area contributed by atoms with Crippen molar-refractivity contribution in [2.75, 3.05) is 26.8 Å². The number of rotatable bonds is 9. The summed E-state index contributed by atoms with van der Waals surface area (Å²) in [7, 11) is 1.58. The molecule has 0 aliphatic rings. The van der Waals surface area contributed by atoms with E-state index in [1.54, 1.807) is 36.3 Å². The Morgan fingerprint density at radius 2 is 1.86 bits per heavy atom. The molecule has 0 fully saturated rings. The molecule has 3 rings (SSSR count). The van der Waals surface area contributed by atoms with E-state index in [2.05, 4.69) is 10.1 Å². The van der Waals surface area contributed by atoms with E-state index in [-0.39, 0.29) is 18.1 Å². The number of carbonyl (C=O) groups is 1. The maximum atomic E-state index is 13.1. The fraction of sp³-hybridized carbons (Fsp3) is 0.286. The monoisotopic (exact) mass is 417 g/mol. The Kier molecular flexibility index (Phi) is 7.32. The van der Waals surface area contributed by atoms with Crippen LogP contribution in [0.4, 0.5) is 4.39 Å². The molecule has 0 radical (unpaired) electrons. The zero-order chi connectivity index (χ0) is 20.6. The lowest BCUT2D eigenvalue weighted by atomic mass is 10.1. The average Bonchev–Trinajstić information content (AvgIpc) is 3.19. The van der Waals surface area contributed by atoms with Crippen molar-refractivity contribution in [3.05, 3.63) is 70.8 Å². The van der Waals surface area contributed by atoms with Crippen molar-refractivity contribution >= 4 is 17.5 Å². The Hall–Kier alpha value is -2.77. The lowest BCUT2D eigenvalue weighted by Gasteiger charge is -2.21. The topological polar surface area (TPSA) is 68.5 Å². The highest BCUT2D eigenvalue weighted by Gasteiger charge is 2.16. The highest BCUT2D eigenvalue weighted by atomic mass is 35.5. The fourth-order valence-electron chi connectivity index (χ4n) is 2.75. The van der Waals surface area contributed by atoms with Crippen LogP contribution < -0.4 is 0 Å². The van der Waals surface area contributed by atoms with Gasteiger partial charge in [0.05, 0.1) is 13.0 Å². The van der Waals surface area contributed by atoms with Crippen molar-refractivity contribution < 1.29 is 18.4 Å². The van der Waals surface area contributed by atoms with Gasteiger partial charge >= 0.3 is 0 Å². The second-order valence-corrected chi connectivity index (χ2v) is 6.88. The van der Waals surface area contributed by atoms with Gasteiger partial charge in [0.1, 0.15) is 5.82 Å². The van der Waals surface area contributed by atoms with Crippen LogP contribution in [0, 0.1) is 5.82 Å². The van der Waals surface area contributed by atoms with Gasteiger partial charge in [0.15, 0.2) is 0 Å². The molecule has 0 saturated carbocycles. The Labute approximate surface area is 173 Å². The van der Waals surface area contributed by atoms with Crippen LogP contribution in [0.2, 0.25) is 5.02 Å². The minimum atomic E-state index is -0.328. The molecule has 0 aliphatic heterocycles. The standard InChI is InChI=1S/C21H21ClFN3O3/c1-28-13-12-26(20(27)14-15-2-8-18(23)9-3-15)11-10-19-24-21(25-29-19)16-4-6-17(22)7-5-16/h2-9H,10-14H2,1H3. The summed E-state index contributed by atoms with van der Waals surface area (Å²) in [5.74, 6) is 0.501.